The van der Waals surface area contributed by atoms with E-state index in [9.17, 15) is 4.79 Å². The summed E-state index contributed by atoms with van der Waals surface area (Å²) in [5, 5.41) is 2.12. The minimum absolute atomic E-state index is 0. The van der Waals surface area contributed by atoms with Gasteiger partial charge in [-0.15, -0.1) is 0 Å². The molecular formula is C16H15BrN2O. The third-order valence-corrected chi connectivity index (χ3v) is 3.24. The molecule has 102 valence electrons. The number of hydrogen-bond donors (Lipinski definition) is 0. The largest absolute Gasteiger partial charge is 1.00 e. The molecule has 0 radical (unpaired) electrons. The summed E-state index contributed by atoms with van der Waals surface area (Å²) in [6, 6.07) is 13.8. The van der Waals surface area contributed by atoms with Crippen LogP contribution in [0.4, 0.5) is 0 Å². The van der Waals surface area contributed by atoms with Gasteiger partial charge in [-0.25, -0.2) is 9.13 Å². The molecule has 0 atom stereocenters. The number of ketones is 1. The average Bonchev–Trinajstić information content (AvgIpc) is 2.83. The number of imidazole rings is 1. The molecule has 20 heavy (non-hydrogen) atoms. The number of halogens is 1. The second-order valence-corrected chi connectivity index (χ2v) is 4.70. The normalized spacial score (nSPS) is 10.2. The zero-order valence-corrected chi connectivity index (χ0v) is 12.7. The smallest absolute Gasteiger partial charge is 0.243 e. The first-order valence-electron chi connectivity index (χ1n) is 6.26. The number of aromatic nitrogens is 2. The maximum atomic E-state index is 12.4. The molecule has 3 aromatic rings. The van der Waals surface area contributed by atoms with Gasteiger partial charge in [-0.3, -0.25) is 4.79 Å². The Balaban J connectivity index is 0.00000147. The summed E-state index contributed by atoms with van der Waals surface area (Å²) >= 11 is 0. The maximum absolute atomic E-state index is 12.4. The zero-order chi connectivity index (χ0) is 13.2. The molecule has 0 spiro atoms. The van der Waals surface area contributed by atoms with Crippen LogP contribution in [0.5, 0.6) is 0 Å². The van der Waals surface area contributed by atoms with Crippen molar-refractivity contribution in [3.63, 3.8) is 0 Å². The minimum atomic E-state index is 0. The lowest BCUT2D eigenvalue weighted by Gasteiger charge is -2.04. The monoisotopic (exact) mass is 330 g/mol. The lowest BCUT2D eigenvalue weighted by molar-refractivity contribution is -0.671. The molecule has 0 aliphatic rings. The number of hydrogen-bond acceptors (Lipinski definition) is 1. The Morgan fingerprint density at radius 2 is 1.90 bits per heavy atom. The van der Waals surface area contributed by atoms with Crippen LogP contribution in [0.25, 0.3) is 10.8 Å². The summed E-state index contributed by atoms with van der Waals surface area (Å²) in [5.41, 5.74) is 0.787. The quantitative estimate of drug-likeness (QED) is 0.463. The molecule has 0 fully saturated rings. The third-order valence-electron chi connectivity index (χ3n) is 3.24. The molecule has 2 aromatic carbocycles. The summed E-state index contributed by atoms with van der Waals surface area (Å²) < 4.78 is 3.82. The Morgan fingerprint density at radius 1 is 1.15 bits per heavy atom. The van der Waals surface area contributed by atoms with E-state index in [-0.39, 0.29) is 22.8 Å². The van der Waals surface area contributed by atoms with Crippen molar-refractivity contribution in [3.05, 3.63) is 66.7 Å². The molecule has 4 heteroatoms. The van der Waals surface area contributed by atoms with Crippen molar-refractivity contribution in [1.29, 1.82) is 0 Å². The molecular weight excluding hydrogens is 316 g/mol. The average molecular weight is 331 g/mol. The SMILES string of the molecule is C[n+]1ccn(CC(=O)c2cccc3ccccc23)c1.[Br-]. The number of carbonyl (C=O) groups is 1. The molecule has 1 heterocycles. The first kappa shape index (κ1) is 14.5. The van der Waals surface area contributed by atoms with Gasteiger partial charge in [0.15, 0.2) is 6.54 Å². The van der Waals surface area contributed by atoms with Crippen LogP contribution in [0.3, 0.4) is 0 Å². The fourth-order valence-corrected chi connectivity index (χ4v) is 2.31. The number of rotatable bonds is 3. The van der Waals surface area contributed by atoms with Crippen LogP contribution in [-0.4, -0.2) is 10.4 Å². The number of benzene rings is 2. The van der Waals surface area contributed by atoms with E-state index in [1.165, 1.54) is 0 Å². The van der Waals surface area contributed by atoms with Gasteiger partial charge in [-0.05, 0) is 10.8 Å². The lowest BCUT2D eigenvalue weighted by Crippen LogP contribution is -3.00. The highest BCUT2D eigenvalue weighted by molar-refractivity contribution is 6.07. The molecule has 0 aliphatic heterocycles. The number of aryl methyl sites for hydroxylation is 1. The summed E-state index contributed by atoms with van der Waals surface area (Å²) in [6.45, 7) is 0.370. The van der Waals surface area contributed by atoms with Gasteiger partial charge in [0.1, 0.15) is 12.4 Å². The highest BCUT2D eigenvalue weighted by Crippen LogP contribution is 2.19. The molecule has 0 amide bonds. The van der Waals surface area contributed by atoms with Crippen LogP contribution in [0, 0.1) is 0 Å². The molecule has 0 N–H and O–H groups in total. The third kappa shape index (κ3) is 2.80. The predicted octanol–water partition coefficient (Wildman–Crippen LogP) is -0.647. The molecule has 0 saturated heterocycles. The van der Waals surface area contributed by atoms with Gasteiger partial charge in [0.25, 0.3) is 0 Å². The van der Waals surface area contributed by atoms with E-state index >= 15 is 0 Å². The Labute approximate surface area is 128 Å². The number of Topliss-reactive ketones (excluding diaryl/α,β-unsaturated/α-hetero) is 1. The van der Waals surface area contributed by atoms with Crippen molar-refractivity contribution in [2.45, 2.75) is 6.54 Å². The molecule has 1 aromatic heterocycles. The van der Waals surface area contributed by atoms with Crippen molar-refractivity contribution < 1.29 is 26.3 Å². The van der Waals surface area contributed by atoms with Crippen molar-refractivity contribution in [3.8, 4) is 0 Å². The fourth-order valence-electron chi connectivity index (χ4n) is 2.31. The zero-order valence-electron chi connectivity index (χ0n) is 11.2. The first-order valence-corrected chi connectivity index (χ1v) is 6.26. The fraction of sp³-hybridized carbons (Fsp3) is 0.125. The van der Waals surface area contributed by atoms with E-state index in [4.69, 9.17) is 0 Å². The van der Waals surface area contributed by atoms with Crippen LogP contribution in [0.2, 0.25) is 0 Å². The maximum Gasteiger partial charge on any atom is 0.243 e. The predicted molar refractivity (Wildman–Crippen MR) is 73.9 cm³/mol. The highest BCUT2D eigenvalue weighted by atomic mass is 79.9. The van der Waals surface area contributed by atoms with E-state index in [1.54, 1.807) is 0 Å². The van der Waals surface area contributed by atoms with Crippen molar-refractivity contribution in [2.75, 3.05) is 0 Å². The van der Waals surface area contributed by atoms with Gasteiger partial charge in [0.2, 0.25) is 12.1 Å². The van der Waals surface area contributed by atoms with Crippen molar-refractivity contribution >= 4 is 16.6 Å². The Morgan fingerprint density at radius 3 is 2.65 bits per heavy atom. The summed E-state index contributed by atoms with van der Waals surface area (Å²) in [5.74, 6) is 0.132. The lowest BCUT2D eigenvalue weighted by atomic mass is 10.0. The van der Waals surface area contributed by atoms with Gasteiger partial charge >= 0.3 is 0 Å². The van der Waals surface area contributed by atoms with Crippen LogP contribution in [-0.2, 0) is 13.6 Å². The Bertz CT molecular complexity index is 744. The number of nitrogens with zero attached hydrogens (tertiary/aromatic N) is 2. The molecule has 0 aliphatic carbocycles. The minimum Gasteiger partial charge on any atom is -1.00 e. The molecule has 0 bridgehead atoms. The van der Waals surface area contributed by atoms with Gasteiger partial charge in [0.05, 0.1) is 7.05 Å². The topological polar surface area (TPSA) is 25.9 Å². The van der Waals surface area contributed by atoms with E-state index in [2.05, 4.69) is 0 Å². The van der Waals surface area contributed by atoms with E-state index < -0.39 is 0 Å². The van der Waals surface area contributed by atoms with Gasteiger partial charge in [0, 0.05) is 5.56 Å². The molecule has 0 unspecified atom stereocenters. The van der Waals surface area contributed by atoms with Crippen molar-refractivity contribution in [1.82, 2.24) is 4.57 Å². The standard InChI is InChI=1S/C16H15N2O.BrH/c1-17-9-10-18(12-17)11-16(19)15-8-4-6-13-5-2-3-7-14(13)15;/h2-10,12H,11H2,1H3;1H/q+1;/p-1. The Kier molecular flexibility index (Phi) is 4.35. The molecule has 0 saturated carbocycles. The van der Waals surface area contributed by atoms with E-state index in [0.717, 1.165) is 16.3 Å². The van der Waals surface area contributed by atoms with E-state index in [0.29, 0.717) is 6.54 Å². The summed E-state index contributed by atoms with van der Waals surface area (Å²) in [4.78, 5) is 12.4. The van der Waals surface area contributed by atoms with E-state index in [1.807, 2.05) is 77.4 Å². The second kappa shape index (κ2) is 6.01. The number of fused-ring (bicyclic) bond motifs is 1. The second-order valence-electron chi connectivity index (χ2n) is 4.70. The summed E-state index contributed by atoms with van der Waals surface area (Å²) in [6.07, 6.45) is 5.74. The molecule has 3 nitrogen and oxygen atoms in total. The molecule has 3 rings (SSSR count). The first-order chi connectivity index (χ1) is 9.24. The van der Waals surface area contributed by atoms with Crippen LogP contribution < -0.4 is 21.5 Å². The number of carbonyl (C=O) groups excluding carboxylic acids is 1. The Hall–Kier alpha value is -1.94. The highest BCUT2D eigenvalue weighted by Gasteiger charge is 2.13. The summed E-state index contributed by atoms with van der Waals surface area (Å²) in [7, 11) is 1.94. The van der Waals surface area contributed by atoms with Crippen LogP contribution >= 0.6 is 0 Å². The van der Waals surface area contributed by atoms with Gasteiger partial charge < -0.3 is 17.0 Å². The van der Waals surface area contributed by atoms with Crippen LogP contribution in [0.1, 0.15) is 10.4 Å². The van der Waals surface area contributed by atoms with Crippen molar-refractivity contribution in [2.24, 2.45) is 7.05 Å². The van der Waals surface area contributed by atoms with Gasteiger partial charge in [-0.1, -0.05) is 42.5 Å². The van der Waals surface area contributed by atoms with Gasteiger partial charge in [-0.2, -0.15) is 0 Å². The van der Waals surface area contributed by atoms with Crippen LogP contribution in [0.15, 0.2) is 61.2 Å².